The van der Waals surface area contributed by atoms with Crippen LogP contribution < -0.4 is 10.1 Å². The third kappa shape index (κ3) is 6.13. The van der Waals surface area contributed by atoms with Gasteiger partial charge in [-0.25, -0.2) is 4.79 Å². The maximum atomic E-state index is 12.2. The first-order valence-electron chi connectivity index (χ1n) is 9.18. The van der Waals surface area contributed by atoms with Gasteiger partial charge in [-0.3, -0.25) is 4.79 Å². The van der Waals surface area contributed by atoms with Crippen molar-refractivity contribution in [2.45, 2.75) is 40.5 Å². The van der Waals surface area contributed by atoms with Gasteiger partial charge in [0.2, 0.25) is 0 Å². The van der Waals surface area contributed by atoms with Crippen LogP contribution in [0.25, 0.3) is 0 Å². The van der Waals surface area contributed by atoms with Crippen molar-refractivity contribution in [1.82, 2.24) is 0 Å². The molecular formula is C22H27NO4. The van der Waals surface area contributed by atoms with E-state index in [1.165, 1.54) is 0 Å². The highest BCUT2D eigenvalue weighted by molar-refractivity contribution is 5.95. The molecule has 144 valence electrons. The molecule has 27 heavy (non-hydrogen) atoms. The number of hydrogen-bond acceptors (Lipinski definition) is 4. The number of anilines is 1. The zero-order chi connectivity index (χ0) is 19.8. The van der Waals surface area contributed by atoms with E-state index >= 15 is 0 Å². The number of esters is 1. The molecule has 0 atom stereocenters. The first-order chi connectivity index (χ1) is 12.9. The number of amides is 1. The third-order valence-electron chi connectivity index (χ3n) is 4.24. The van der Waals surface area contributed by atoms with Gasteiger partial charge < -0.3 is 14.8 Å². The second-order valence-electron chi connectivity index (χ2n) is 6.61. The molecule has 2 aromatic carbocycles. The largest absolute Gasteiger partial charge is 0.483 e. The molecule has 0 aliphatic carbocycles. The zero-order valence-corrected chi connectivity index (χ0v) is 16.4. The maximum Gasteiger partial charge on any atom is 0.338 e. The molecule has 2 aromatic rings. The highest BCUT2D eigenvalue weighted by atomic mass is 16.5. The molecule has 5 nitrogen and oxygen atoms in total. The van der Waals surface area contributed by atoms with E-state index in [1.54, 1.807) is 24.3 Å². The second kappa shape index (κ2) is 9.76. The molecule has 1 amide bonds. The Hall–Kier alpha value is -2.82. The number of ether oxygens (including phenoxy) is 2. The summed E-state index contributed by atoms with van der Waals surface area (Å²) >= 11 is 0. The summed E-state index contributed by atoms with van der Waals surface area (Å²) in [6, 6.07) is 10.7. The fourth-order valence-electron chi connectivity index (χ4n) is 2.61. The first kappa shape index (κ1) is 20.5. The van der Waals surface area contributed by atoms with Crippen molar-refractivity contribution in [3.05, 3.63) is 58.7 Å². The van der Waals surface area contributed by atoms with Gasteiger partial charge >= 0.3 is 5.97 Å². The number of carbonyl (C=O) groups excluding carboxylic acids is 2. The van der Waals surface area contributed by atoms with Crippen molar-refractivity contribution < 1.29 is 19.1 Å². The van der Waals surface area contributed by atoms with Gasteiger partial charge in [0.15, 0.2) is 6.61 Å². The van der Waals surface area contributed by atoms with E-state index in [9.17, 15) is 9.59 Å². The van der Waals surface area contributed by atoms with E-state index in [0.717, 1.165) is 29.5 Å². The van der Waals surface area contributed by atoms with Crippen molar-refractivity contribution in [2.75, 3.05) is 18.5 Å². The summed E-state index contributed by atoms with van der Waals surface area (Å²) in [4.78, 5) is 24.2. The van der Waals surface area contributed by atoms with Crippen LogP contribution in [0.5, 0.6) is 5.75 Å². The zero-order valence-electron chi connectivity index (χ0n) is 16.4. The van der Waals surface area contributed by atoms with Gasteiger partial charge in [-0.15, -0.1) is 0 Å². The highest BCUT2D eigenvalue weighted by Crippen LogP contribution is 2.23. The van der Waals surface area contributed by atoms with E-state index in [4.69, 9.17) is 9.47 Å². The maximum absolute atomic E-state index is 12.2. The molecule has 0 spiro atoms. The number of carbonyl (C=O) groups is 2. The molecule has 0 saturated carbocycles. The molecule has 5 heteroatoms. The molecule has 0 fully saturated rings. The minimum Gasteiger partial charge on any atom is -0.483 e. The van der Waals surface area contributed by atoms with E-state index in [2.05, 4.69) is 11.4 Å². The minimum atomic E-state index is -0.387. The molecular weight excluding hydrogens is 342 g/mol. The van der Waals surface area contributed by atoms with Crippen molar-refractivity contribution in [2.24, 2.45) is 0 Å². The Labute approximate surface area is 160 Å². The molecule has 0 bridgehead atoms. The van der Waals surface area contributed by atoms with E-state index < -0.39 is 0 Å². The van der Waals surface area contributed by atoms with Gasteiger partial charge in [0.05, 0.1) is 12.2 Å². The number of nitrogens with one attached hydrogen (secondary N) is 1. The molecule has 0 saturated heterocycles. The lowest BCUT2D eigenvalue weighted by molar-refractivity contribution is -0.118. The summed E-state index contributed by atoms with van der Waals surface area (Å²) in [5.41, 5.74) is 4.17. The van der Waals surface area contributed by atoms with Crippen LogP contribution in [-0.4, -0.2) is 25.1 Å². The fraction of sp³-hybridized carbons (Fsp3) is 0.364. The third-order valence-corrected chi connectivity index (χ3v) is 4.24. The lowest BCUT2D eigenvalue weighted by Crippen LogP contribution is -2.20. The Morgan fingerprint density at radius 2 is 1.85 bits per heavy atom. The van der Waals surface area contributed by atoms with Crippen LogP contribution >= 0.6 is 0 Å². The average Bonchev–Trinajstić information content (AvgIpc) is 2.63. The Morgan fingerprint density at radius 3 is 2.59 bits per heavy atom. The molecule has 1 N–H and O–H groups in total. The highest BCUT2D eigenvalue weighted by Gasteiger charge is 2.11. The summed E-state index contributed by atoms with van der Waals surface area (Å²) in [5, 5.41) is 2.75. The van der Waals surface area contributed by atoms with Crippen LogP contribution in [0.4, 0.5) is 5.69 Å². The summed E-state index contributed by atoms with van der Waals surface area (Å²) < 4.78 is 10.9. The van der Waals surface area contributed by atoms with Crippen LogP contribution in [0.2, 0.25) is 0 Å². The van der Waals surface area contributed by atoms with Crippen molar-refractivity contribution >= 4 is 17.6 Å². The molecule has 0 heterocycles. The molecule has 0 aliphatic rings. The number of benzene rings is 2. The van der Waals surface area contributed by atoms with Gasteiger partial charge in [0.1, 0.15) is 5.75 Å². The molecule has 0 aromatic heterocycles. The van der Waals surface area contributed by atoms with Gasteiger partial charge in [-0.1, -0.05) is 25.5 Å². The Bertz CT molecular complexity index is 814. The second-order valence-corrected chi connectivity index (χ2v) is 6.61. The van der Waals surface area contributed by atoms with Gasteiger partial charge in [-0.2, -0.15) is 0 Å². The van der Waals surface area contributed by atoms with E-state index in [0.29, 0.717) is 23.6 Å². The fourth-order valence-corrected chi connectivity index (χ4v) is 2.61. The Kier molecular flexibility index (Phi) is 7.41. The SMILES string of the molecule is CCCCOC(=O)c1cccc(NC(=O)COc2cc(C)cc(C)c2C)c1. The minimum absolute atomic E-state index is 0.102. The number of rotatable bonds is 8. The van der Waals surface area contributed by atoms with Crippen LogP contribution in [0.1, 0.15) is 46.8 Å². The predicted octanol–water partition coefficient (Wildman–Crippen LogP) is 4.59. The van der Waals surface area contributed by atoms with Crippen LogP contribution in [0.3, 0.4) is 0 Å². The standard InChI is InChI=1S/C22H27NO4/c1-5-6-10-26-22(25)18-8-7-9-19(13-18)23-21(24)14-27-20-12-15(2)11-16(3)17(20)4/h7-9,11-13H,5-6,10,14H2,1-4H3,(H,23,24). The Morgan fingerprint density at radius 1 is 1.07 bits per heavy atom. The normalized spacial score (nSPS) is 10.4. The molecule has 0 aliphatic heterocycles. The number of unbranched alkanes of at least 4 members (excludes halogenated alkanes) is 1. The molecule has 0 unspecified atom stereocenters. The Balaban J connectivity index is 1.94. The van der Waals surface area contributed by atoms with Gasteiger partial charge in [-0.05, 0) is 68.1 Å². The molecule has 0 radical (unpaired) electrons. The monoisotopic (exact) mass is 369 g/mol. The van der Waals surface area contributed by atoms with E-state index in [-0.39, 0.29) is 18.5 Å². The summed E-state index contributed by atoms with van der Waals surface area (Å²) in [5.74, 6) is 0.0302. The van der Waals surface area contributed by atoms with Crippen molar-refractivity contribution in [1.29, 1.82) is 0 Å². The topological polar surface area (TPSA) is 64.6 Å². The molecule has 2 rings (SSSR count). The van der Waals surface area contributed by atoms with Crippen molar-refractivity contribution in [3.63, 3.8) is 0 Å². The lowest BCUT2D eigenvalue weighted by Gasteiger charge is -2.13. The summed E-state index contributed by atoms with van der Waals surface area (Å²) in [6.07, 6.45) is 1.79. The summed E-state index contributed by atoms with van der Waals surface area (Å²) in [7, 11) is 0. The van der Waals surface area contributed by atoms with Crippen molar-refractivity contribution in [3.8, 4) is 5.75 Å². The predicted molar refractivity (Wildman–Crippen MR) is 106 cm³/mol. The summed E-state index contributed by atoms with van der Waals surface area (Å²) in [6.45, 7) is 8.30. The number of hydrogen-bond donors (Lipinski definition) is 1. The smallest absolute Gasteiger partial charge is 0.338 e. The van der Waals surface area contributed by atoms with Crippen LogP contribution in [0.15, 0.2) is 36.4 Å². The van der Waals surface area contributed by atoms with Crippen LogP contribution in [-0.2, 0) is 9.53 Å². The number of aryl methyl sites for hydroxylation is 2. The lowest BCUT2D eigenvalue weighted by atomic mass is 10.1. The quantitative estimate of drug-likeness (QED) is 0.546. The van der Waals surface area contributed by atoms with Crippen LogP contribution in [0, 0.1) is 20.8 Å². The van der Waals surface area contributed by atoms with Gasteiger partial charge in [0.25, 0.3) is 5.91 Å². The first-order valence-corrected chi connectivity index (χ1v) is 9.18. The van der Waals surface area contributed by atoms with Gasteiger partial charge in [0, 0.05) is 5.69 Å². The average molecular weight is 369 g/mol. The van der Waals surface area contributed by atoms with E-state index in [1.807, 2.05) is 33.8 Å².